The van der Waals surface area contributed by atoms with E-state index in [2.05, 4.69) is 10.7 Å². The maximum Gasteiger partial charge on any atom is 0.407 e. The highest BCUT2D eigenvalue weighted by Crippen LogP contribution is 2.05. The molecule has 1 heterocycles. The van der Waals surface area contributed by atoms with Gasteiger partial charge in [-0.2, -0.15) is 0 Å². The number of piperidine rings is 1. The normalized spacial score (nSPS) is 15.2. The van der Waals surface area contributed by atoms with Gasteiger partial charge in [-0.15, -0.1) is 0 Å². The summed E-state index contributed by atoms with van der Waals surface area (Å²) in [5.41, 5.74) is 3.68. The second kappa shape index (κ2) is 8.26. The molecule has 6 nitrogen and oxygen atoms in total. The zero-order chi connectivity index (χ0) is 14.9. The SMILES string of the molecule is O=C(CNC(=O)OCc1ccccc1)NN1CCCCC1. The van der Waals surface area contributed by atoms with Crippen LogP contribution in [0, 0.1) is 0 Å². The van der Waals surface area contributed by atoms with Crippen LogP contribution in [-0.2, 0) is 16.1 Å². The quantitative estimate of drug-likeness (QED) is 0.861. The molecule has 2 N–H and O–H groups in total. The van der Waals surface area contributed by atoms with Crippen LogP contribution in [0.1, 0.15) is 24.8 Å². The lowest BCUT2D eigenvalue weighted by atomic mass is 10.2. The molecular formula is C15H21N3O3. The van der Waals surface area contributed by atoms with Crippen LogP contribution < -0.4 is 10.7 Å². The molecule has 0 bridgehead atoms. The van der Waals surface area contributed by atoms with Crippen molar-refractivity contribution < 1.29 is 14.3 Å². The standard InChI is InChI=1S/C15H21N3O3/c19-14(17-18-9-5-2-6-10-18)11-16-15(20)21-12-13-7-3-1-4-8-13/h1,3-4,7-8H,2,5-6,9-12H2,(H,16,20)(H,17,19). The second-order valence-electron chi connectivity index (χ2n) is 5.00. The van der Waals surface area contributed by atoms with Crippen LogP contribution >= 0.6 is 0 Å². The molecule has 0 aromatic heterocycles. The Labute approximate surface area is 124 Å². The molecular weight excluding hydrogens is 270 g/mol. The molecule has 0 aliphatic carbocycles. The van der Waals surface area contributed by atoms with Crippen LogP contribution in [0.3, 0.4) is 0 Å². The molecule has 1 aromatic rings. The number of hydrogen-bond acceptors (Lipinski definition) is 4. The Balaban J connectivity index is 1.60. The summed E-state index contributed by atoms with van der Waals surface area (Å²) >= 11 is 0. The molecule has 0 saturated carbocycles. The number of hydrazine groups is 1. The molecule has 2 rings (SSSR count). The summed E-state index contributed by atoms with van der Waals surface area (Å²) in [6, 6.07) is 9.40. The van der Waals surface area contributed by atoms with Gasteiger partial charge in [0.05, 0.1) is 0 Å². The van der Waals surface area contributed by atoms with Gasteiger partial charge in [-0.25, -0.2) is 9.80 Å². The Bertz CT molecular complexity index is 458. The molecule has 6 heteroatoms. The molecule has 0 radical (unpaired) electrons. The number of carbonyl (C=O) groups excluding carboxylic acids is 2. The monoisotopic (exact) mass is 291 g/mol. The first-order valence-corrected chi connectivity index (χ1v) is 7.23. The molecule has 0 atom stereocenters. The Morgan fingerprint density at radius 2 is 1.81 bits per heavy atom. The molecule has 1 aliphatic rings. The van der Waals surface area contributed by atoms with Crippen LogP contribution in [0.4, 0.5) is 4.79 Å². The van der Waals surface area contributed by atoms with E-state index in [-0.39, 0.29) is 19.1 Å². The fourth-order valence-electron chi connectivity index (χ4n) is 2.15. The largest absolute Gasteiger partial charge is 0.445 e. The first-order chi connectivity index (χ1) is 10.2. The smallest absolute Gasteiger partial charge is 0.407 e. The number of nitrogens with one attached hydrogen (secondary N) is 2. The third-order valence-corrected chi connectivity index (χ3v) is 3.24. The maximum absolute atomic E-state index is 11.7. The van der Waals surface area contributed by atoms with Crippen LogP contribution in [0.25, 0.3) is 0 Å². The van der Waals surface area contributed by atoms with Gasteiger partial charge in [0.1, 0.15) is 13.2 Å². The van der Waals surface area contributed by atoms with E-state index in [1.807, 2.05) is 35.3 Å². The van der Waals surface area contributed by atoms with Crippen LogP contribution in [0.5, 0.6) is 0 Å². The van der Waals surface area contributed by atoms with Gasteiger partial charge in [0.25, 0.3) is 5.91 Å². The summed E-state index contributed by atoms with van der Waals surface area (Å²) in [7, 11) is 0. The summed E-state index contributed by atoms with van der Waals surface area (Å²) in [6.45, 7) is 1.85. The van der Waals surface area contributed by atoms with Crippen LogP contribution in [0.2, 0.25) is 0 Å². The van der Waals surface area contributed by atoms with E-state index in [1.54, 1.807) is 0 Å². The summed E-state index contributed by atoms with van der Waals surface area (Å²) in [4.78, 5) is 23.2. The predicted octanol–water partition coefficient (Wildman–Crippen LogP) is 1.43. The Morgan fingerprint density at radius 1 is 1.10 bits per heavy atom. The molecule has 114 valence electrons. The fourth-order valence-corrected chi connectivity index (χ4v) is 2.15. The van der Waals surface area contributed by atoms with Crippen molar-refractivity contribution in [3.8, 4) is 0 Å². The lowest BCUT2D eigenvalue weighted by Gasteiger charge is -2.26. The fraction of sp³-hybridized carbons (Fsp3) is 0.467. The van der Waals surface area contributed by atoms with Crippen molar-refractivity contribution in [1.82, 2.24) is 15.8 Å². The molecule has 21 heavy (non-hydrogen) atoms. The number of benzene rings is 1. The highest BCUT2D eigenvalue weighted by atomic mass is 16.5. The van der Waals surface area contributed by atoms with Gasteiger partial charge >= 0.3 is 6.09 Å². The van der Waals surface area contributed by atoms with Crippen LogP contribution in [0.15, 0.2) is 30.3 Å². The number of nitrogens with zero attached hydrogens (tertiary/aromatic N) is 1. The topological polar surface area (TPSA) is 70.7 Å². The van der Waals surface area contributed by atoms with Crippen molar-refractivity contribution in [2.75, 3.05) is 19.6 Å². The van der Waals surface area contributed by atoms with Crippen molar-refractivity contribution >= 4 is 12.0 Å². The average Bonchev–Trinajstić information content (AvgIpc) is 2.53. The minimum atomic E-state index is -0.590. The van der Waals surface area contributed by atoms with Crippen molar-refractivity contribution in [2.24, 2.45) is 0 Å². The van der Waals surface area contributed by atoms with Crippen molar-refractivity contribution in [2.45, 2.75) is 25.9 Å². The van der Waals surface area contributed by atoms with Crippen molar-refractivity contribution in [3.05, 3.63) is 35.9 Å². The molecule has 2 amide bonds. The van der Waals surface area contributed by atoms with E-state index in [0.717, 1.165) is 31.5 Å². The lowest BCUT2D eigenvalue weighted by molar-refractivity contribution is -0.125. The summed E-state index contributed by atoms with van der Waals surface area (Å²) in [5.74, 6) is -0.228. The number of alkyl carbamates (subject to hydrolysis) is 1. The van der Waals surface area contributed by atoms with Crippen molar-refractivity contribution in [3.63, 3.8) is 0 Å². The summed E-state index contributed by atoms with van der Waals surface area (Å²) in [6.07, 6.45) is 2.79. The first kappa shape index (κ1) is 15.3. The number of carbonyl (C=O) groups is 2. The van der Waals surface area contributed by atoms with E-state index in [4.69, 9.17) is 4.74 Å². The number of ether oxygens (including phenoxy) is 1. The van der Waals surface area contributed by atoms with Gasteiger partial charge in [-0.05, 0) is 18.4 Å². The first-order valence-electron chi connectivity index (χ1n) is 7.23. The Kier molecular flexibility index (Phi) is 6.02. The highest BCUT2D eigenvalue weighted by molar-refractivity contribution is 5.81. The lowest BCUT2D eigenvalue weighted by Crippen LogP contribution is -2.48. The minimum absolute atomic E-state index is 0.0792. The van der Waals surface area contributed by atoms with Gasteiger partial charge in [0.2, 0.25) is 0 Å². The highest BCUT2D eigenvalue weighted by Gasteiger charge is 2.13. The zero-order valence-corrected chi connectivity index (χ0v) is 12.0. The van der Waals surface area contributed by atoms with E-state index in [9.17, 15) is 9.59 Å². The average molecular weight is 291 g/mol. The van der Waals surface area contributed by atoms with Gasteiger partial charge in [0, 0.05) is 13.1 Å². The molecule has 1 fully saturated rings. The molecule has 0 unspecified atom stereocenters. The Morgan fingerprint density at radius 3 is 2.52 bits per heavy atom. The van der Waals surface area contributed by atoms with Gasteiger partial charge in [0.15, 0.2) is 0 Å². The minimum Gasteiger partial charge on any atom is -0.445 e. The van der Waals surface area contributed by atoms with E-state index in [1.165, 1.54) is 6.42 Å². The maximum atomic E-state index is 11.7. The zero-order valence-electron chi connectivity index (χ0n) is 12.0. The van der Waals surface area contributed by atoms with E-state index >= 15 is 0 Å². The van der Waals surface area contributed by atoms with E-state index < -0.39 is 6.09 Å². The predicted molar refractivity (Wildman–Crippen MR) is 78.2 cm³/mol. The molecule has 1 aliphatic heterocycles. The third-order valence-electron chi connectivity index (χ3n) is 3.24. The van der Waals surface area contributed by atoms with E-state index in [0.29, 0.717) is 0 Å². The van der Waals surface area contributed by atoms with Gasteiger partial charge in [-0.3, -0.25) is 10.2 Å². The number of rotatable bonds is 5. The summed E-state index contributed by atoms with van der Waals surface area (Å²) < 4.78 is 5.02. The molecule has 1 saturated heterocycles. The summed E-state index contributed by atoms with van der Waals surface area (Å²) in [5, 5.41) is 4.33. The molecule has 0 spiro atoms. The van der Waals surface area contributed by atoms with Crippen LogP contribution in [-0.4, -0.2) is 36.6 Å². The van der Waals surface area contributed by atoms with Gasteiger partial charge < -0.3 is 10.1 Å². The third kappa shape index (κ3) is 5.83. The van der Waals surface area contributed by atoms with Gasteiger partial charge in [-0.1, -0.05) is 36.8 Å². The second-order valence-corrected chi connectivity index (χ2v) is 5.00. The number of hydrogen-bond donors (Lipinski definition) is 2. The van der Waals surface area contributed by atoms with Crippen molar-refractivity contribution in [1.29, 1.82) is 0 Å². The Hall–Kier alpha value is -2.08. The molecule has 1 aromatic carbocycles. The number of amides is 2.